The molecule has 5 aromatic rings. The smallest absolute Gasteiger partial charge is 0.246 e. The number of halogens is 1. The molecule has 2 aliphatic heterocycles. The van der Waals surface area contributed by atoms with E-state index in [9.17, 15) is 33.6 Å². The van der Waals surface area contributed by atoms with Crippen molar-refractivity contribution in [2.75, 3.05) is 75.2 Å². The average molecular weight is 1100 g/mol. The number of anilines is 5. The molecule has 7 rings (SSSR count). The van der Waals surface area contributed by atoms with Crippen molar-refractivity contribution in [2.24, 2.45) is 5.41 Å². The van der Waals surface area contributed by atoms with E-state index in [1.165, 1.54) is 11.1 Å². The van der Waals surface area contributed by atoms with Gasteiger partial charge in [0.15, 0.2) is 5.82 Å². The van der Waals surface area contributed by atoms with Gasteiger partial charge in [-0.3, -0.25) is 24.0 Å². The molecule has 2 fully saturated rings. The number of nitrogens with zero attached hydrogens (tertiary/aromatic N) is 6. The highest BCUT2D eigenvalue weighted by Crippen LogP contribution is 2.39. The van der Waals surface area contributed by atoms with E-state index in [-0.39, 0.29) is 68.9 Å². The van der Waals surface area contributed by atoms with E-state index in [4.69, 9.17) is 16.3 Å². The van der Waals surface area contributed by atoms with Gasteiger partial charge in [-0.25, -0.2) is 9.97 Å². The molecule has 5 amide bonds. The molecule has 19 nitrogen and oxygen atoms in total. The first kappa shape index (κ1) is 57.1. The Morgan fingerprint density at radius 1 is 0.895 bits per heavy atom. The molecule has 4 heterocycles. The quantitative estimate of drug-likeness (QED) is 0.0326. The minimum absolute atomic E-state index is 0.00190. The minimum Gasteiger partial charge on any atom is -0.494 e. The highest BCUT2D eigenvalue weighted by Gasteiger charge is 2.44. The number of hydrogen-bond acceptors (Lipinski definition) is 15. The van der Waals surface area contributed by atoms with Gasteiger partial charge in [-0.1, -0.05) is 68.8 Å². The molecular formula is C54H69ClN11O8PS. The van der Waals surface area contributed by atoms with Crippen LogP contribution in [-0.4, -0.2) is 137 Å². The van der Waals surface area contributed by atoms with Gasteiger partial charge < -0.3 is 55.7 Å². The Bertz CT molecular complexity index is 2920. The van der Waals surface area contributed by atoms with Gasteiger partial charge in [-0.2, -0.15) is 4.98 Å². The zero-order valence-electron chi connectivity index (χ0n) is 44.2. The molecule has 0 aliphatic carbocycles. The lowest BCUT2D eigenvalue weighted by atomic mass is 9.85. The standard InChI is InChI=1S/C54H69ClN11O8PS/c1-34-48(76-33-59-34)36-19-17-35(18-20-36)30-57-51(71)42-29-38(67)32-66(42)52(72)49(54(2,3)4)62-46(69)15-10-14-45(68)56-23-11-16-47(70)65-26-24-64(25-27-65)37-21-22-40(43(28-37)74-5)61-53-58-31-39(55)50(63-53)60-41-12-8-9-13-44(41)75(6,7)73/h8-9,12-13,17-22,28,31,33,38,42,49,67H,10-11,14-16,23-27,29-30,32H2,1-7H3,(H,56,68)(H,57,71)(H,62,69)(H2,58,60,61,63)/t38-,42+,49?/m1/s1. The number of benzene rings is 3. The maximum Gasteiger partial charge on any atom is 0.246 e. The van der Waals surface area contributed by atoms with E-state index in [1.807, 2.05) is 99.3 Å². The van der Waals surface area contributed by atoms with Crippen molar-refractivity contribution in [3.63, 3.8) is 0 Å². The molecule has 406 valence electrons. The fourth-order valence-corrected chi connectivity index (χ4v) is 11.2. The lowest BCUT2D eigenvalue weighted by molar-refractivity contribution is -0.144. The van der Waals surface area contributed by atoms with E-state index in [2.05, 4.69) is 46.4 Å². The van der Waals surface area contributed by atoms with Crippen LogP contribution in [0.25, 0.3) is 10.4 Å². The van der Waals surface area contributed by atoms with Crippen molar-refractivity contribution in [1.82, 2.24) is 40.7 Å². The second-order valence-corrected chi connectivity index (χ2v) is 25.0. The summed E-state index contributed by atoms with van der Waals surface area (Å²) in [6.07, 6.45) is 1.71. The summed E-state index contributed by atoms with van der Waals surface area (Å²) < 4.78 is 18.7. The van der Waals surface area contributed by atoms with Crippen molar-refractivity contribution in [1.29, 1.82) is 0 Å². The number of aromatic nitrogens is 3. The van der Waals surface area contributed by atoms with Crippen molar-refractivity contribution in [3.8, 4) is 16.2 Å². The van der Waals surface area contributed by atoms with Gasteiger partial charge >= 0.3 is 0 Å². The molecule has 1 unspecified atom stereocenters. The van der Waals surface area contributed by atoms with Gasteiger partial charge in [0, 0.05) is 88.6 Å². The predicted octanol–water partition coefficient (Wildman–Crippen LogP) is 6.83. The molecule has 6 N–H and O–H groups in total. The first-order valence-corrected chi connectivity index (χ1v) is 29.3. The van der Waals surface area contributed by atoms with Crippen molar-refractivity contribution in [2.45, 2.75) is 91.0 Å². The number of ether oxygens (including phenoxy) is 1. The third kappa shape index (κ3) is 15.1. The van der Waals surface area contributed by atoms with Gasteiger partial charge in [-0.05, 0) is 73.9 Å². The van der Waals surface area contributed by atoms with E-state index in [0.29, 0.717) is 72.4 Å². The van der Waals surface area contributed by atoms with E-state index < -0.39 is 42.6 Å². The molecule has 0 bridgehead atoms. The van der Waals surface area contributed by atoms with Crippen LogP contribution in [0.1, 0.15) is 70.6 Å². The number of likely N-dealkylation sites (tertiary alicyclic amines) is 1. The maximum absolute atomic E-state index is 14.0. The van der Waals surface area contributed by atoms with Crippen LogP contribution in [0.2, 0.25) is 5.02 Å². The summed E-state index contributed by atoms with van der Waals surface area (Å²) >= 11 is 8.03. The van der Waals surface area contributed by atoms with Gasteiger partial charge in [0.2, 0.25) is 35.5 Å². The maximum atomic E-state index is 14.0. The fraction of sp³-hybridized carbons (Fsp3) is 0.444. The Labute approximate surface area is 453 Å². The minimum atomic E-state index is -2.59. The van der Waals surface area contributed by atoms with Crippen LogP contribution in [0, 0.1) is 12.3 Å². The summed E-state index contributed by atoms with van der Waals surface area (Å²) in [7, 11) is -1.01. The predicted molar refractivity (Wildman–Crippen MR) is 299 cm³/mol. The molecule has 2 aromatic heterocycles. The molecule has 22 heteroatoms. The van der Waals surface area contributed by atoms with E-state index >= 15 is 0 Å². The number of para-hydroxylation sites is 1. The number of aryl methyl sites for hydroxylation is 1. The number of thiazole rings is 1. The van der Waals surface area contributed by atoms with Crippen molar-refractivity contribution < 1.29 is 38.4 Å². The van der Waals surface area contributed by atoms with Gasteiger partial charge in [0.1, 0.15) is 30.0 Å². The van der Waals surface area contributed by atoms with Crippen molar-refractivity contribution in [3.05, 3.63) is 94.7 Å². The zero-order chi connectivity index (χ0) is 54.7. The fourth-order valence-electron chi connectivity index (χ4n) is 9.14. The SMILES string of the molecule is COc1cc(N2CCN(C(=O)CCCNC(=O)CCCC(=O)NC(C(=O)N3C[C@H](O)C[C@H]3C(=O)NCc3ccc(-c4scnc4C)cc3)C(C)(C)C)CC2)ccc1Nc1ncc(Cl)c(Nc2ccccc2P(C)(C)=O)n1. The molecular weight excluding hydrogens is 1030 g/mol. The topological polar surface area (TPSA) is 240 Å². The number of aliphatic hydroxyl groups excluding tert-OH is 1. The van der Waals surface area contributed by atoms with Crippen molar-refractivity contribution >= 4 is 93.7 Å². The van der Waals surface area contributed by atoms with Crippen LogP contribution in [0.3, 0.4) is 0 Å². The molecule has 76 heavy (non-hydrogen) atoms. The number of methoxy groups -OCH3 is 1. The first-order chi connectivity index (χ1) is 36.2. The summed E-state index contributed by atoms with van der Waals surface area (Å²) in [6.45, 7) is 13.6. The van der Waals surface area contributed by atoms with Crippen LogP contribution >= 0.6 is 30.1 Å². The Kier molecular flexibility index (Phi) is 19.2. The number of β-amino-alcohol motifs (C(OH)–C–C–N with tert-alkyl or cyclic N) is 1. The van der Waals surface area contributed by atoms with Crippen LogP contribution in [-0.2, 0) is 35.1 Å². The third-order valence-corrected chi connectivity index (χ3v) is 16.1. The molecule has 2 aliphatic rings. The molecule has 2 saturated heterocycles. The molecule has 3 aromatic carbocycles. The van der Waals surface area contributed by atoms with Crippen LogP contribution in [0.5, 0.6) is 5.75 Å². The number of aliphatic hydroxyl groups is 1. The Morgan fingerprint density at radius 2 is 1.62 bits per heavy atom. The summed E-state index contributed by atoms with van der Waals surface area (Å²) in [5.41, 5.74) is 6.15. The van der Waals surface area contributed by atoms with Gasteiger partial charge in [0.05, 0.1) is 46.9 Å². The molecule has 0 radical (unpaired) electrons. The number of rotatable bonds is 21. The van der Waals surface area contributed by atoms with E-state index in [1.54, 1.807) is 37.3 Å². The lowest BCUT2D eigenvalue weighted by Gasteiger charge is -2.36. The average Bonchev–Trinajstić information content (AvgIpc) is 4.02. The normalized spacial score (nSPS) is 16.2. The number of amides is 5. The van der Waals surface area contributed by atoms with Gasteiger partial charge in [0.25, 0.3) is 0 Å². The Balaban J connectivity index is 0.800. The summed E-state index contributed by atoms with van der Waals surface area (Å²) in [6, 6.07) is 19.0. The summed E-state index contributed by atoms with van der Waals surface area (Å²) in [4.78, 5) is 86.4. The number of carbonyl (C=O) groups excluding carboxylic acids is 5. The Morgan fingerprint density at radius 3 is 2.30 bits per heavy atom. The van der Waals surface area contributed by atoms with Gasteiger partial charge in [-0.15, -0.1) is 11.3 Å². The summed E-state index contributed by atoms with van der Waals surface area (Å²) in [5.74, 6) is -0.308. The number of hydrogen-bond donors (Lipinski definition) is 6. The second-order valence-electron chi connectivity index (χ2n) is 20.5. The zero-order valence-corrected chi connectivity index (χ0v) is 46.6. The number of piperazine rings is 1. The van der Waals surface area contributed by atoms with Crippen LogP contribution in [0.4, 0.5) is 28.8 Å². The number of carbonyl (C=O) groups is 5. The number of nitrogens with one attached hydrogen (secondary N) is 5. The summed E-state index contributed by atoms with van der Waals surface area (Å²) in [5, 5.41) is 26.6. The van der Waals surface area contributed by atoms with E-state index in [0.717, 1.165) is 27.4 Å². The molecule has 0 spiro atoms. The second kappa shape index (κ2) is 25.5. The molecule has 0 saturated carbocycles. The Hall–Kier alpha value is -6.60. The highest BCUT2D eigenvalue weighted by molar-refractivity contribution is 7.70. The lowest BCUT2D eigenvalue weighted by Crippen LogP contribution is -2.57. The third-order valence-electron chi connectivity index (χ3n) is 13.3. The first-order valence-electron chi connectivity index (χ1n) is 25.4. The highest BCUT2D eigenvalue weighted by atomic mass is 35.5. The largest absolute Gasteiger partial charge is 0.494 e. The van der Waals surface area contributed by atoms with Crippen LogP contribution < -0.4 is 41.5 Å². The van der Waals surface area contributed by atoms with Crippen LogP contribution in [0.15, 0.2) is 78.4 Å². The monoisotopic (exact) mass is 1100 g/mol. The molecule has 3 atom stereocenters.